The Labute approximate surface area is 332 Å². The van der Waals surface area contributed by atoms with Crippen LogP contribution < -0.4 is 10.0 Å². The van der Waals surface area contributed by atoms with E-state index in [0.717, 1.165) is 27.9 Å². The molecule has 56 heavy (non-hydrogen) atoms. The molecule has 0 spiro atoms. The molecule has 0 aliphatic heterocycles. The average molecular weight is 782 g/mol. The number of nitrogens with zero attached hydrogens (tertiary/aromatic N) is 3. The van der Waals surface area contributed by atoms with Gasteiger partial charge in [0.15, 0.2) is 0 Å². The van der Waals surface area contributed by atoms with Gasteiger partial charge in [-0.2, -0.15) is 5.10 Å². The Balaban J connectivity index is 1.36. The van der Waals surface area contributed by atoms with Gasteiger partial charge in [-0.25, -0.2) is 27.6 Å². The number of amides is 1. The number of sulfonamides is 1. The molecular weight excluding hydrogens is 739 g/mol. The van der Waals surface area contributed by atoms with Gasteiger partial charge in [-0.1, -0.05) is 103 Å². The first-order valence-corrected chi connectivity index (χ1v) is 20.6. The Morgan fingerprint density at radius 3 is 1.84 bits per heavy atom. The minimum Gasteiger partial charge on any atom is -0.447 e. The number of carbonyl (C=O) groups is 1. The summed E-state index contributed by atoms with van der Waals surface area (Å²) >= 11 is 1.39. The van der Waals surface area contributed by atoms with E-state index in [1.165, 1.54) is 11.3 Å². The molecule has 0 unspecified atom stereocenters. The minimum absolute atomic E-state index is 0.126. The van der Waals surface area contributed by atoms with Crippen LogP contribution in [0.4, 0.5) is 10.5 Å². The number of anilines is 1. The van der Waals surface area contributed by atoms with E-state index in [1.807, 2.05) is 110 Å². The molecule has 0 aliphatic carbocycles. The SMILES string of the molecule is CC(C)OC(=O)Nc1ccc(-c2ncc(-c3ccc(-c4ccnn4C(c4ccccc4)(c4ccccc4)c4ccccc4)cc3S(=O)(=O)NC(C)(C)C)s2)cc1. The average Bonchev–Trinajstić information content (AvgIpc) is 3.87. The molecule has 0 fully saturated rings. The van der Waals surface area contributed by atoms with Crippen LogP contribution in [0.3, 0.4) is 0 Å². The maximum atomic E-state index is 14.4. The van der Waals surface area contributed by atoms with Crippen LogP contribution >= 0.6 is 11.3 Å². The number of nitrogens with one attached hydrogen (secondary N) is 2. The van der Waals surface area contributed by atoms with Crippen molar-refractivity contribution in [1.82, 2.24) is 19.5 Å². The van der Waals surface area contributed by atoms with Crippen LogP contribution in [0, 0.1) is 0 Å². The molecule has 284 valence electrons. The molecule has 2 heterocycles. The number of hydrogen-bond donors (Lipinski definition) is 2. The zero-order chi connectivity index (χ0) is 39.5. The Hall–Kier alpha value is -5.88. The standard InChI is InChI=1S/C45H43N5O4S2/c1-31(2)54-43(51)48-37-24-21-32(22-25-37)42-46-30-40(55-42)38-26-23-33(29-41(38)56(52,53)49-44(3,4)5)39-27-28-47-50(39)45(34-15-9-6-10-16-34,35-17-11-7-12-18-35)36-19-13-8-14-20-36/h6-31,49H,1-5H3,(H,48,51). The Kier molecular flexibility index (Phi) is 10.8. The lowest BCUT2D eigenvalue weighted by atomic mass is 9.76. The zero-order valence-electron chi connectivity index (χ0n) is 31.8. The van der Waals surface area contributed by atoms with Crippen molar-refractivity contribution in [2.24, 2.45) is 0 Å². The largest absolute Gasteiger partial charge is 0.447 e. The number of aromatic nitrogens is 3. The number of rotatable bonds is 11. The second-order valence-electron chi connectivity index (χ2n) is 14.7. The number of benzene rings is 5. The van der Waals surface area contributed by atoms with Crippen molar-refractivity contribution in [3.05, 3.63) is 169 Å². The van der Waals surface area contributed by atoms with Gasteiger partial charge in [0, 0.05) is 40.3 Å². The maximum Gasteiger partial charge on any atom is 0.411 e. The molecule has 0 saturated carbocycles. The first-order valence-electron chi connectivity index (χ1n) is 18.3. The van der Waals surface area contributed by atoms with Crippen LogP contribution in [0.25, 0.3) is 32.3 Å². The summed E-state index contributed by atoms with van der Waals surface area (Å²) in [5.74, 6) is 0. The monoisotopic (exact) mass is 781 g/mol. The molecule has 9 nitrogen and oxygen atoms in total. The van der Waals surface area contributed by atoms with Crippen molar-refractivity contribution in [2.75, 3.05) is 5.32 Å². The molecule has 0 atom stereocenters. The van der Waals surface area contributed by atoms with E-state index in [2.05, 4.69) is 51.4 Å². The minimum atomic E-state index is -4.05. The molecular formula is C45H43N5O4S2. The van der Waals surface area contributed by atoms with Gasteiger partial charge in [0.25, 0.3) is 0 Å². The third-order valence-corrected chi connectivity index (χ3v) is 11.9. The number of thiazole rings is 1. The Morgan fingerprint density at radius 2 is 1.30 bits per heavy atom. The highest BCUT2D eigenvalue weighted by atomic mass is 32.2. The van der Waals surface area contributed by atoms with E-state index in [4.69, 9.17) is 9.84 Å². The number of carbonyl (C=O) groups excluding carboxylic acids is 1. The second kappa shape index (κ2) is 15.7. The Morgan fingerprint density at radius 1 is 0.750 bits per heavy atom. The quantitative estimate of drug-likeness (QED) is 0.126. The molecule has 11 heteroatoms. The van der Waals surface area contributed by atoms with E-state index < -0.39 is 27.2 Å². The van der Waals surface area contributed by atoms with E-state index in [-0.39, 0.29) is 11.0 Å². The molecule has 7 aromatic rings. The summed E-state index contributed by atoms with van der Waals surface area (Å²) in [4.78, 5) is 17.6. The summed E-state index contributed by atoms with van der Waals surface area (Å²) < 4.78 is 38.8. The third kappa shape index (κ3) is 7.92. The first-order chi connectivity index (χ1) is 26.8. The van der Waals surface area contributed by atoms with Crippen LogP contribution in [-0.2, 0) is 20.3 Å². The number of hydrogen-bond acceptors (Lipinski definition) is 7. The normalized spacial score (nSPS) is 12.1. The zero-order valence-corrected chi connectivity index (χ0v) is 33.4. The molecule has 5 aromatic carbocycles. The van der Waals surface area contributed by atoms with Gasteiger partial charge < -0.3 is 4.74 Å². The fourth-order valence-corrected chi connectivity index (χ4v) is 9.54. The molecule has 1 amide bonds. The van der Waals surface area contributed by atoms with Crippen LogP contribution in [0.15, 0.2) is 157 Å². The Bertz CT molecular complexity index is 2450. The highest BCUT2D eigenvalue weighted by Crippen LogP contribution is 2.44. The molecule has 0 bridgehead atoms. The van der Waals surface area contributed by atoms with E-state index in [9.17, 15) is 13.2 Å². The van der Waals surface area contributed by atoms with Crippen molar-refractivity contribution in [3.8, 4) is 32.3 Å². The van der Waals surface area contributed by atoms with Crippen LogP contribution in [0.5, 0.6) is 0 Å². The van der Waals surface area contributed by atoms with E-state index >= 15 is 0 Å². The van der Waals surface area contributed by atoms with E-state index in [1.54, 1.807) is 44.4 Å². The van der Waals surface area contributed by atoms with Crippen molar-refractivity contribution in [3.63, 3.8) is 0 Å². The number of ether oxygens (including phenoxy) is 1. The summed E-state index contributed by atoms with van der Waals surface area (Å²) in [7, 11) is -4.05. The lowest BCUT2D eigenvalue weighted by molar-refractivity contribution is 0.130. The highest BCUT2D eigenvalue weighted by Gasteiger charge is 2.41. The maximum absolute atomic E-state index is 14.4. The summed E-state index contributed by atoms with van der Waals surface area (Å²) in [6.07, 6.45) is 2.70. The van der Waals surface area contributed by atoms with Crippen LogP contribution in [-0.4, -0.2) is 40.9 Å². The van der Waals surface area contributed by atoms with Crippen molar-refractivity contribution in [1.29, 1.82) is 0 Å². The van der Waals surface area contributed by atoms with Gasteiger partial charge in [0.1, 0.15) is 10.5 Å². The van der Waals surface area contributed by atoms with Gasteiger partial charge in [0.05, 0.1) is 21.6 Å². The fraction of sp³-hybridized carbons (Fsp3) is 0.178. The van der Waals surface area contributed by atoms with Crippen LogP contribution in [0.1, 0.15) is 51.3 Å². The highest BCUT2D eigenvalue weighted by molar-refractivity contribution is 7.89. The molecule has 2 aromatic heterocycles. The predicted octanol–water partition coefficient (Wildman–Crippen LogP) is 10.2. The predicted molar refractivity (Wildman–Crippen MR) is 224 cm³/mol. The lowest BCUT2D eigenvalue weighted by Gasteiger charge is -2.37. The summed E-state index contributed by atoms with van der Waals surface area (Å²) in [5, 5.41) is 8.43. The summed E-state index contributed by atoms with van der Waals surface area (Å²) in [6, 6.07) is 45.5. The summed E-state index contributed by atoms with van der Waals surface area (Å²) in [6.45, 7) is 9.04. The second-order valence-corrected chi connectivity index (χ2v) is 17.4. The lowest BCUT2D eigenvalue weighted by Crippen LogP contribution is -2.40. The van der Waals surface area contributed by atoms with E-state index in [0.29, 0.717) is 26.7 Å². The molecule has 2 N–H and O–H groups in total. The molecule has 7 rings (SSSR count). The molecule has 0 aliphatic rings. The van der Waals surface area contributed by atoms with Crippen molar-refractivity contribution < 1.29 is 17.9 Å². The first kappa shape index (κ1) is 38.4. The van der Waals surface area contributed by atoms with Gasteiger partial charge in [-0.05, 0) is 87.7 Å². The van der Waals surface area contributed by atoms with Crippen molar-refractivity contribution in [2.45, 2.75) is 56.7 Å². The van der Waals surface area contributed by atoms with Gasteiger partial charge in [-0.15, -0.1) is 11.3 Å². The summed E-state index contributed by atoms with van der Waals surface area (Å²) in [5.41, 5.74) is 4.68. The smallest absolute Gasteiger partial charge is 0.411 e. The van der Waals surface area contributed by atoms with Crippen LogP contribution in [0.2, 0.25) is 0 Å². The van der Waals surface area contributed by atoms with Gasteiger partial charge in [-0.3, -0.25) is 5.32 Å². The van der Waals surface area contributed by atoms with Gasteiger partial charge in [0.2, 0.25) is 10.0 Å². The third-order valence-electron chi connectivity index (χ3n) is 9.03. The van der Waals surface area contributed by atoms with Gasteiger partial charge >= 0.3 is 6.09 Å². The fourth-order valence-electron chi connectivity index (χ4n) is 6.85. The van der Waals surface area contributed by atoms with Crippen molar-refractivity contribution >= 4 is 33.1 Å². The topological polar surface area (TPSA) is 115 Å². The molecule has 0 radical (unpaired) electrons. The molecule has 0 saturated heterocycles.